The van der Waals surface area contributed by atoms with E-state index in [2.05, 4.69) is 32.9 Å². The molecule has 1 aromatic carbocycles. The van der Waals surface area contributed by atoms with Crippen molar-refractivity contribution in [3.8, 4) is 5.75 Å². The van der Waals surface area contributed by atoms with Crippen molar-refractivity contribution in [1.82, 2.24) is 0 Å². The molecule has 0 heterocycles. The van der Waals surface area contributed by atoms with Crippen molar-refractivity contribution in [2.45, 2.75) is 32.3 Å². The second kappa shape index (κ2) is 6.26. The van der Waals surface area contributed by atoms with E-state index >= 15 is 0 Å². The molecular formula is C15H25NO3. The van der Waals surface area contributed by atoms with Gasteiger partial charge < -0.3 is 19.8 Å². The highest BCUT2D eigenvalue weighted by atomic mass is 16.5. The number of anilines is 1. The van der Waals surface area contributed by atoms with Crippen LogP contribution in [-0.2, 0) is 5.41 Å². The zero-order chi connectivity index (χ0) is 14.6. The van der Waals surface area contributed by atoms with Gasteiger partial charge >= 0.3 is 0 Å². The van der Waals surface area contributed by atoms with E-state index in [1.807, 2.05) is 18.0 Å². The van der Waals surface area contributed by atoms with Gasteiger partial charge in [0.15, 0.2) is 0 Å². The van der Waals surface area contributed by atoms with Crippen molar-refractivity contribution in [2.24, 2.45) is 0 Å². The van der Waals surface area contributed by atoms with Crippen LogP contribution in [0.15, 0.2) is 18.2 Å². The second-order valence-corrected chi connectivity index (χ2v) is 5.85. The predicted molar refractivity (Wildman–Crippen MR) is 78.1 cm³/mol. The zero-order valence-corrected chi connectivity index (χ0v) is 12.5. The Hall–Kier alpha value is -1.26. The third-order valence-electron chi connectivity index (χ3n) is 3.15. The molecule has 0 aromatic heterocycles. The highest BCUT2D eigenvalue weighted by Crippen LogP contribution is 2.33. The van der Waals surface area contributed by atoms with E-state index in [9.17, 15) is 5.11 Å². The molecule has 0 aliphatic carbocycles. The number of benzene rings is 1. The molecule has 0 aliphatic rings. The maximum absolute atomic E-state index is 9.55. The van der Waals surface area contributed by atoms with E-state index in [0.717, 1.165) is 11.4 Å². The summed E-state index contributed by atoms with van der Waals surface area (Å²) in [4.78, 5) is 1.90. The maximum Gasteiger partial charge on any atom is 0.142 e. The van der Waals surface area contributed by atoms with Crippen LogP contribution in [0.5, 0.6) is 5.75 Å². The molecule has 0 radical (unpaired) electrons. The highest BCUT2D eigenvalue weighted by molar-refractivity contribution is 5.60. The van der Waals surface area contributed by atoms with Gasteiger partial charge in [-0.25, -0.2) is 0 Å². The first-order chi connectivity index (χ1) is 8.79. The normalized spacial score (nSPS) is 13.2. The molecule has 4 heteroatoms. The average molecular weight is 267 g/mol. The van der Waals surface area contributed by atoms with Gasteiger partial charge in [0.2, 0.25) is 0 Å². The first-order valence-electron chi connectivity index (χ1n) is 6.48. The lowest BCUT2D eigenvalue weighted by molar-refractivity contribution is 0.101. The van der Waals surface area contributed by atoms with Crippen LogP contribution in [0.4, 0.5) is 5.69 Å². The Morgan fingerprint density at radius 1 is 1.32 bits per heavy atom. The molecule has 0 spiro atoms. The molecule has 1 atom stereocenters. The molecule has 0 saturated heterocycles. The van der Waals surface area contributed by atoms with Crippen LogP contribution in [0, 0.1) is 0 Å². The Balaban J connectivity index is 3.08. The quantitative estimate of drug-likeness (QED) is 0.854. The number of ether oxygens (including phenoxy) is 1. The van der Waals surface area contributed by atoms with Gasteiger partial charge in [0, 0.05) is 13.6 Å². The molecule has 0 fully saturated rings. The third-order valence-corrected chi connectivity index (χ3v) is 3.15. The molecule has 0 amide bonds. The molecule has 0 bridgehead atoms. The Kier molecular flexibility index (Phi) is 5.20. The molecule has 108 valence electrons. The van der Waals surface area contributed by atoms with E-state index in [0.29, 0.717) is 6.54 Å². The number of likely N-dealkylation sites (N-methyl/N-ethyl adjacent to an activating group) is 1. The van der Waals surface area contributed by atoms with Crippen molar-refractivity contribution in [2.75, 3.05) is 32.2 Å². The Bertz CT molecular complexity index is 412. The van der Waals surface area contributed by atoms with E-state index in [4.69, 9.17) is 9.84 Å². The van der Waals surface area contributed by atoms with Crippen molar-refractivity contribution in [1.29, 1.82) is 0 Å². The fourth-order valence-corrected chi connectivity index (χ4v) is 1.93. The number of rotatable bonds is 5. The van der Waals surface area contributed by atoms with Gasteiger partial charge in [0.1, 0.15) is 5.75 Å². The van der Waals surface area contributed by atoms with Crippen LogP contribution in [0.3, 0.4) is 0 Å². The molecular weight excluding hydrogens is 242 g/mol. The van der Waals surface area contributed by atoms with Crippen molar-refractivity contribution in [3.63, 3.8) is 0 Å². The van der Waals surface area contributed by atoms with E-state index in [1.54, 1.807) is 7.11 Å². The summed E-state index contributed by atoms with van der Waals surface area (Å²) in [5, 5.41) is 18.5. The molecule has 0 aliphatic heterocycles. The standard InChI is InChI=1S/C15H25NO3/c1-15(2,3)11-6-7-14(19-5)13(8-11)16(4)9-12(18)10-17/h6-8,12,17-18H,9-10H2,1-5H3. The van der Waals surface area contributed by atoms with Gasteiger partial charge in [-0.2, -0.15) is 0 Å². The van der Waals surface area contributed by atoms with E-state index in [-0.39, 0.29) is 12.0 Å². The lowest BCUT2D eigenvalue weighted by Crippen LogP contribution is -2.31. The summed E-state index contributed by atoms with van der Waals surface area (Å²) in [5.74, 6) is 0.764. The van der Waals surface area contributed by atoms with Gasteiger partial charge in [-0.05, 0) is 23.1 Å². The number of aliphatic hydroxyl groups excluding tert-OH is 2. The largest absolute Gasteiger partial charge is 0.495 e. The van der Waals surface area contributed by atoms with Crippen molar-refractivity contribution < 1.29 is 14.9 Å². The van der Waals surface area contributed by atoms with Crippen molar-refractivity contribution in [3.05, 3.63) is 23.8 Å². The minimum atomic E-state index is -0.756. The summed E-state index contributed by atoms with van der Waals surface area (Å²) in [5.41, 5.74) is 2.17. The van der Waals surface area contributed by atoms with Gasteiger partial charge in [-0.15, -0.1) is 0 Å². The monoisotopic (exact) mass is 267 g/mol. The Labute approximate surface area is 115 Å². The Morgan fingerprint density at radius 2 is 1.95 bits per heavy atom. The van der Waals surface area contributed by atoms with Gasteiger partial charge in [0.25, 0.3) is 0 Å². The minimum Gasteiger partial charge on any atom is -0.495 e. The average Bonchev–Trinajstić information content (AvgIpc) is 2.36. The summed E-state index contributed by atoms with van der Waals surface area (Å²) in [7, 11) is 3.51. The summed E-state index contributed by atoms with van der Waals surface area (Å²) < 4.78 is 5.36. The van der Waals surface area contributed by atoms with Crippen LogP contribution in [0.1, 0.15) is 26.3 Å². The molecule has 0 saturated carbocycles. The molecule has 1 aromatic rings. The van der Waals surface area contributed by atoms with Crippen LogP contribution in [-0.4, -0.2) is 43.6 Å². The maximum atomic E-state index is 9.55. The molecule has 2 N–H and O–H groups in total. The molecule has 4 nitrogen and oxygen atoms in total. The minimum absolute atomic E-state index is 0.0530. The second-order valence-electron chi connectivity index (χ2n) is 5.85. The fraction of sp³-hybridized carbons (Fsp3) is 0.600. The van der Waals surface area contributed by atoms with E-state index < -0.39 is 6.10 Å². The van der Waals surface area contributed by atoms with Gasteiger partial charge in [0.05, 0.1) is 25.5 Å². The number of methoxy groups -OCH3 is 1. The zero-order valence-electron chi connectivity index (χ0n) is 12.5. The van der Waals surface area contributed by atoms with E-state index in [1.165, 1.54) is 5.56 Å². The topological polar surface area (TPSA) is 52.9 Å². The summed E-state index contributed by atoms with van der Waals surface area (Å²) >= 11 is 0. The molecule has 1 rings (SSSR count). The fourth-order valence-electron chi connectivity index (χ4n) is 1.93. The predicted octanol–water partition coefficient (Wildman–Crippen LogP) is 1.78. The lowest BCUT2D eigenvalue weighted by atomic mass is 9.86. The van der Waals surface area contributed by atoms with Crippen LogP contribution in [0.25, 0.3) is 0 Å². The summed E-state index contributed by atoms with van der Waals surface area (Å²) in [6.45, 7) is 6.58. The van der Waals surface area contributed by atoms with Crippen LogP contribution in [0.2, 0.25) is 0 Å². The first-order valence-corrected chi connectivity index (χ1v) is 6.48. The number of hydrogen-bond acceptors (Lipinski definition) is 4. The molecule has 19 heavy (non-hydrogen) atoms. The summed E-state index contributed by atoms with van der Waals surface area (Å²) in [6.07, 6.45) is -0.756. The van der Waals surface area contributed by atoms with Gasteiger partial charge in [-0.3, -0.25) is 0 Å². The molecule has 1 unspecified atom stereocenters. The highest BCUT2D eigenvalue weighted by Gasteiger charge is 2.18. The summed E-state index contributed by atoms with van der Waals surface area (Å²) in [6, 6.07) is 6.07. The van der Waals surface area contributed by atoms with Crippen LogP contribution < -0.4 is 9.64 Å². The van der Waals surface area contributed by atoms with Crippen LogP contribution >= 0.6 is 0 Å². The first kappa shape index (κ1) is 15.8. The Morgan fingerprint density at radius 3 is 2.42 bits per heavy atom. The number of hydrogen-bond donors (Lipinski definition) is 2. The number of nitrogens with zero attached hydrogens (tertiary/aromatic N) is 1. The SMILES string of the molecule is COc1ccc(C(C)(C)C)cc1N(C)CC(O)CO. The van der Waals surface area contributed by atoms with Gasteiger partial charge in [-0.1, -0.05) is 26.8 Å². The smallest absolute Gasteiger partial charge is 0.142 e. The van der Waals surface area contributed by atoms with Crippen molar-refractivity contribution >= 4 is 5.69 Å². The lowest BCUT2D eigenvalue weighted by Gasteiger charge is -2.27. The third kappa shape index (κ3) is 4.11. The number of aliphatic hydroxyl groups is 2.